The van der Waals surface area contributed by atoms with E-state index in [1.807, 2.05) is 49.7 Å². The van der Waals surface area contributed by atoms with Crippen molar-refractivity contribution in [2.24, 2.45) is 17.3 Å². The topological polar surface area (TPSA) is 124 Å². The number of carbonyl (C=O) groups is 2. The molecule has 2 fully saturated rings. The molecule has 230 valence electrons. The van der Waals surface area contributed by atoms with Gasteiger partial charge < -0.3 is 20.3 Å². The van der Waals surface area contributed by atoms with Crippen LogP contribution in [0.15, 0.2) is 35.9 Å². The lowest BCUT2D eigenvalue weighted by Crippen LogP contribution is -2.45. The summed E-state index contributed by atoms with van der Waals surface area (Å²) in [5, 5.41) is 30.4. The maximum absolute atomic E-state index is 13.4. The number of rotatable bonds is 3. The lowest BCUT2D eigenvalue weighted by atomic mass is 9.73. The fraction of sp³-hybridized carbons (Fsp3) is 0.618. The number of esters is 1. The molecule has 7 atom stereocenters. The molecule has 0 amide bonds. The Morgan fingerprint density at radius 2 is 1.79 bits per heavy atom. The maximum atomic E-state index is 13.4. The van der Waals surface area contributed by atoms with Gasteiger partial charge in [-0.3, -0.25) is 9.59 Å². The maximum Gasteiger partial charge on any atom is 0.309 e. The van der Waals surface area contributed by atoms with Crippen molar-refractivity contribution >= 4 is 17.8 Å². The number of ketones is 1. The van der Waals surface area contributed by atoms with Crippen LogP contribution >= 0.6 is 0 Å². The predicted molar refractivity (Wildman–Crippen MR) is 164 cm³/mol. The Morgan fingerprint density at radius 1 is 1.12 bits per heavy atom. The van der Waals surface area contributed by atoms with Crippen LogP contribution in [0.5, 0.6) is 0 Å². The first-order chi connectivity index (χ1) is 19.6. The molecule has 1 aromatic carbocycles. The SMILES string of the molecule is C/C(=C\c1cc(C)n(-c2ccc(C)cc2)n1)[C@@H]1C[C@@H]2N[C@]2(C)CCC[C@H](C)[C@H](O)[C@@H](C)C(=O)C(C)(C)[C@@H](O)CC(=O)O1. The second-order valence-corrected chi connectivity index (χ2v) is 13.6. The average molecular weight is 580 g/mol. The number of aryl methyl sites for hydroxylation is 2. The Kier molecular flexibility index (Phi) is 9.50. The van der Waals surface area contributed by atoms with Crippen LogP contribution in [-0.4, -0.2) is 61.6 Å². The molecule has 0 spiro atoms. The van der Waals surface area contributed by atoms with Crippen LogP contribution in [0.2, 0.25) is 0 Å². The number of benzene rings is 1. The van der Waals surface area contributed by atoms with Crippen LogP contribution in [0, 0.1) is 31.1 Å². The molecule has 2 aliphatic heterocycles. The van der Waals surface area contributed by atoms with Gasteiger partial charge in [-0.05, 0) is 76.3 Å². The molecule has 0 aliphatic carbocycles. The number of fused-ring (bicyclic) bond motifs is 1. The monoisotopic (exact) mass is 579 g/mol. The number of hydrogen-bond acceptors (Lipinski definition) is 7. The molecule has 0 saturated carbocycles. The highest BCUT2D eigenvalue weighted by Crippen LogP contribution is 2.38. The van der Waals surface area contributed by atoms with E-state index in [9.17, 15) is 19.8 Å². The number of nitrogens with zero attached hydrogens (tertiary/aromatic N) is 2. The van der Waals surface area contributed by atoms with E-state index in [4.69, 9.17) is 9.84 Å². The predicted octanol–water partition coefficient (Wildman–Crippen LogP) is 5.09. The Balaban J connectivity index is 1.59. The molecular weight excluding hydrogens is 530 g/mol. The molecule has 0 unspecified atom stereocenters. The van der Waals surface area contributed by atoms with Crippen LogP contribution in [-0.2, 0) is 14.3 Å². The quantitative estimate of drug-likeness (QED) is 0.342. The van der Waals surface area contributed by atoms with Gasteiger partial charge in [0.25, 0.3) is 0 Å². The minimum absolute atomic E-state index is 0.0586. The number of aromatic nitrogens is 2. The summed E-state index contributed by atoms with van der Waals surface area (Å²) in [5.41, 5.74) is 3.49. The first kappa shape index (κ1) is 32.1. The number of ether oxygens (including phenoxy) is 1. The van der Waals surface area contributed by atoms with Gasteiger partial charge in [0, 0.05) is 29.6 Å². The molecule has 3 N–H and O–H groups in total. The van der Waals surface area contributed by atoms with E-state index in [2.05, 4.69) is 31.3 Å². The Hall–Kier alpha value is -2.81. The molecule has 0 bridgehead atoms. The summed E-state index contributed by atoms with van der Waals surface area (Å²) in [4.78, 5) is 26.6. The van der Waals surface area contributed by atoms with Crippen molar-refractivity contribution in [3.8, 4) is 5.69 Å². The number of cyclic esters (lactones) is 1. The normalized spacial score (nSPS) is 33.1. The van der Waals surface area contributed by atoms with Crippen molar-refractivity contribution in [1.82, 2.24) is 15.1 Å². The van der Waals surface area contributed by atoms with Crippen molar-refractivity contribution in [3.05, 3.63) is 52.9 Å². The number of Topliss-reactive ketones (excluding diaryl/α,β-unsaturated/α-hetero) is 1. The van der Waals surface area contributed by atoms with Crippen LogP contribution in [0.1, 0.15) is 90.6 Å². The van der Waals surface area contributed by atoms with Crippen LogP contribution < -0.4 is 5.32 Å². The molecule has 8 heteroatoms. The Bertz CT molecular complexity index is 1310. The minimum atomic E-state index is -1.24. The van der Waals surface area contributed by atoms with Gasteiger partial charge >= 0.3 is 5.97 Å². The molecule has 2 saturated heterocycles. The molecule has 3 heterocycles. The fourth-order valence-corrected chi connectivity index (χ4v) is 6.29. The summed E-state index contributed by atoms with van der Waals surface area (Å²) in [6.45, 7) is 15.2. The van der Waals surface area contributed by atoms with Crippen LogP contribution in [0.4, 0.5) is 0 Å². The Morgan fingerprint density at radius 3 is 2.45 bits per heavy atom. The lowest BCUT2D eigenvalue weighted by molar-refractivity contribution is -0.154. The van der Waals surface area contributed by atoms with Gasteiger partial charge in [-0.25, -0.2) is 4.68 Å². The summed E-state index contributed by atoms with van der Waals surface area (Å²) in [5.74, 6) is -1.52. The van der Waals surface area contributed by atoms with Gasteiger partial charge in [0.2, 0.25) is 0 Å². The summed E-state index contributed by atoms with van der Waals surface area (Å²) in [6.07, 6.45) is 2.31. The zero-order chi connectivity index (χ0) is 31.0. The number of carbonyl (C=O) groups excluding carboxylic acids is 2. The first-order valence-electron chi connectivity index (χ1n) is 15.3. The Labute approximate surface area is 250 Å². The van der Waals surface area contributed by atoms with Crippen LogP contribution in [0.3, 0.4) is 0 Å². The summed E-state index contributed by atoms with van der Waals surface area (Å²) in [6, 6.07) is 10.4. The van der Waals surface area contributed by atoms with E-state index in [0.29, 0.717) is 6.42 Å². The smallest absolute Gasteiger partial charge is 0.309 e. The largest absolute Gasteiger partial charge is 0.458 e. The van der Waals surface area contributed by atoms with E-state index in [1.54, 1.807) is 20.8 Å². The zero-order valence-corrected chi connectivity index (χ0v) is 26.5. The highest BCUT2D eigenvalue weighted by molar-refractivity contribution is 5.88. The molecule has 8 nitrogen and oxygen atoms in total. The van der Waals surface area contributed by atoms with E-state index < -0.39 is 35.6 Å². The van der Waals surface area contributed by atoms with Crippen molar-refractivity contribution in [3.63, 3.8) is 0 Å². The molecule has 0 radical (unpaired) electrons. The van der Waals surface area contributed by atoms with Gasteiger partial charge in [0.1, 0.15) is 11.9 Å². The number of aliphatic hydroxyl groups excluding tert-OH is 2. The number of nitrogens with one attached hydrogen (secondary N) is 1. The van der Waals surface area contributed by atoms with Gasteiger partial charge in [-0.2, -0.15) is 5.10 Å². The van der Waals surface area contributed by atoms with Crippen LogP contribution in [0.25, 0.3) is 11.8 Å². The third-order valence-electron chi connectivity index (χ3n) is 9.67. The van der Waals surface area contributed by atoms with Crippen molar-refractivity contribution in [2.75, 3.05) is 0 Å². The first-order valence-corrected chi connectivity index (χ1v) is 15.3. The molecule has 42 heavy (non-hydrogen) atoms. The molecule has 2 aromatic rings. The lowest BCUT2D eigenvalue weighted by Gasteiger charge is -2.34. The van der Waals surface area contributed by atoms with Gasteiger partial charge in [-0.15, -0.1) is 0 Å². The van der Waals surface area contributed by atoms with Crippen molar-refractivity contribution in [2.45, 2.75) is 117 Å². The second kappa shape index (κ2) is 12.4. The standard InChI is InChI=1S/C34H49N3O5/c1-20-11-13-26(14-12-20)37-23(4)17-25(36-37)16-22(3)27-18-28-34(8,35-28)15-9-10-21(2)31(40)24(5)32(41)33(6,7)29(38)19-30(39)42-27/h11-14,16-17,21,24,27-29,31,35,38,40H,9-10,15,18-19H2,1-8H3/b22-16+/t21-,24+,27-,28-,29-,31-,34+/m0/s1. The third kappa shape index (κ3) is 7.04. The van der Waals surface area contributed by atoms with Gasteiger partial charge in [-0.1, -0.05) is 51.8 Å². The molecule has 4 rings (SSSR count). The number of aliphatic hydroxyl groups is 2. The molecule has 2 aliphatic rings. The fourth-order valence-electron chi connectivity index (χ4n) is 6.29. The van der Waals surface area contributed by atoms with E-state index in [1.165, 1.54) is 5.56 Å². The highest BCUT2D eigenvalue weighted by atomic mass is 16.5. The summed E-state index contributed by atoms with van der Waals surface area (Å²) < 4.78 is 7.92. The van der Waals surface area contributed by atoms with E-state index >= 15 is 0 Å². The van der Waals surface area contributed by atoms with E-state index in [-0.39, 0.29) is 29.7 Å². The van der Waals surface area contributed by atoms with E-state index in [0.717, 1.165) is 41.9 Å². The molecule has 1 aromatic heterocycles. The van der Waals surface area contributed by atoms with Gasteiger partial charge in [0.15, 0.2) is 0 Å². The summed E-state index contributed by atoms with van der Waals surface area (Å²) in [7, 11) is 0. The second-order valence-electron chi connectivity index (χ2n) is 13.6. The highest BCUT2D eigenvalue weighted by Gasteiger charge is 2.50. The zero-order valence-electron chi connectivity index (χ0n) is 26.5. The molecular formula is C34H49N3O5. The van der Waals surface area contributed by atoms with Crippen molar-refractivity contribution < 1.29 is 24.5 Å². The third-order valence-corrected chi connectivity index (χ3v) is 9.67. The number of hydrogen-bond donors (Lipinski definition) is 3. The average Bonchev–Trinajstić information content (AvgIpc) is 3.41. The van der Waals surface area contributed by atoms with Crippen molar-refractivity contribution in [1.29, 1.82) is 0 Å². The summed E-state index contributed by atoms with van der Waals surface area (Å²) >= 11 is 0. The van der Waals surface area contributed by atoms with Gasteiger partial charge in [0.05, 0.1) is 35.4 Å². The minimum Gasteiger partial charge on any atom is -0.458 e.